The largest absolute Gasteiger partial charge is 0.490 e. The summed E-state index contributed by atoms with van der Waals surface area (Å²) < 4.78 is 5.48. The van der Waals surface area contributed by atoms with E-state index in [1.807, 2.05) is 18.2 Å². The van der Waals surface area contributed by atoms with Crippen molar-refractivity contribution in [2.45, 2.75) is 19.4 Å². The minimum atomic E-state index is -1.06. The van der Waals surface area contributed by atoms with E-state index in [0.29, 0.717) is 5.75 Å². The van der Waals surface area contributed by atoms with E-state index in [0.717, 1.165) is 0 Å². The Kier molecular flexibility index (Phi) is 5.00. The highest BCUT2D eigenvalue weighted by atomic mass is 16.5. The standard InChI is InChI=1S/C12H15NO4/c1-9(7-11(14)13-8-12(15)16)17-10-5-3-2-4-6-10/h2-6,9H,7-8H2,1H3,(H,13,14)(H,15,16). The summed E-state index contributed by atoms with van der Waals surface area (Å²) in [6, 6.07) is 9.15. The van der Waals surface area contributed by atoms with Crippen LogP contribution in [0.1, 0.15) is 13.3 Å². The molecule has 0 heterocycles. The average Bonchev–Trinajstić information content (AvgIpc) is 2.27. The van der Waals surface area contributed by atoms with E-state index in [2.05, 4.69) is 5.32 Å². The molecule has 1 amide bonds. The zero-order chi connectivity index (χ0) is 12.7. The highest BCUT2D eigenvalue weighted by Gasteiger charge is 2.11. The first-order chi connectivity index (χ1) is 8.08. The van der Waals surface area contributed by atoms with Crippen LogP contribution in [0.25, 0.3) is 0 Å². The van der Waals surface area contributed by atoms with Gasteiger partial charge in [0.25, 0.3) is 0 Å². The van der Waals surface area contributed by atoms with E-state index in [9.17, 15) is 9.59 Å². The number of carbonyl (C=O) groups excluding carboxylic acids is 1. The summed E-state index contributed by atoms with van der Waals surface area (Å²) >= 11 is 0. The van der Waals surface area contributed by atoms with E-state index in [1.54, 1.807) is 19.1 Å². The van der Waals surface area contributed by atoms with E-state index >= 15 is 0 Å². The fourth-order valence-corrected chi connectivity index (χ4v) is 1.28. The quantitative estimate of drug-likeness (QED) is 0.775. The zero-order valence-corrected chi connectivity index (χ0v) is 9.55. The van der Waals surface area contributed by atoms with E-state index in [1.165, 1.54) is 0 Å². The van der Waals surface area contributed by atoms with E-state index < -0.39 is 5.97 Å². The number of ether oxygens (including phenoxy) is 1. The van der Waals surface area contributed by atoms with Crippen molar-refractivity contribution in [1.82, 2.24) is 5.32 Å². The summed E-state index contributed by atoms with van der Waals surface area (Å²) in [6.45, 7) is 1.39. The molecule has 5 nitrogen and oxygen atoms in total. The Morgan fingerprint density at radius 1 is 1.35 bits per heavy atom. The Labute approximate surface area is 99.4 Å². The van der Waals surface area contributed by atoms with Crippen LogP contribution in [-0.2, 0) is 9.59 Å². The van der Waals surface area contributed by atoms with Gasteiger partial charge < -0.3 is 15.2 Å². The van der Waals surface area contributed by atoms with Gasteiger partial charge in [0.05, 0.1) is 6.42 Å². The molecule has 0 bridgehead atoms. The monoisotopic (exact) mass is 237 g/mol. The van der Waals surface area contributed by atoms with Crippen molar-refractivity contribution in [2.24, 2.45) is 0 Å². The number of rotatable bonds is 6. The SMILES string of the molecule is CC(CC(=O)NCC(=O)O)Oc1ccccc1. The predicted octanol–water partition coefficient (Wildman–Crippen LogP) is 1.04. The Morgan fingerprint density at radius 2 is 2.00 bits per heavy atom. The lowest BCUT2D eigenvalue weighted by Crippen LogP contribution is -2.32. The molecule has 0 saturated carbocycles. The highest BCUT2D eigenvalue weighted by Crippen LogP contribution is 2.11. The van der Waals surface area contributed by atoms with Gasteiger partial charge >= 0.3 is 5.97 Å². The topological polar surface area (TPSA) is 75.6 Å². The first-order valence-corrected chi connectivity index (χ1v) is 5.28. The van der Waals surface area contributed by atoms with Crippen LogP contribution in [0.2, 0.25) is 0 Å². The van der Waals surface area contributed by atoms with Gasteiger partial charge in [-0.1, -0.05) is 18.2 Å². The van der Waals surface area contributed by atoms with Crippen LogP contribution in [-0.4, -0.2) is 29.6 Å². The lowest BCUT2D eigenvalue weighted by Gasteiger charge is -2.13. The van der Waals surface area contributed by atoms with Gasteiger partial charge in [0.15, 0.2) is 0 Å². The van der Waals surface area contributed by atoms with E-state index in [-0.39, 0.29) is 25.0 Å². The number of nitrogens with one attached hydrogen (secondary N) is 1. The van der Waals surface area contributed by atoms with Gasteiger partial charge in [-0.3, -0.25) is 9.59 Å². The van der Waals surface area contributed by atoms with Crippen LogP contribution in [0, 0.1) is 0 Å². The maximum Gasteiger partial charge on any atom is 0.322 e. The molecule has 1 aromatic carbocycles. The molecule has 1 atom stereocenters. The van der Waals surface area contributed by atoms with Crippen molar-refractivity contribution in [1.29, 1.82) is 0 Å². The molecule has 0 aliphatic carbocycles. The molecule has 1 rings (SSSR count). The molecule has 1 aromatic rings. The van der Waals surface area contributed by atoms with Gasteiger partial charge in [-0.15, -0.1) is 0 Å². The summed E-state index contributed by atoms with van der Waals surface area (Å²) in [5.74, 6) is -0.711. The number of hydrogen-bond donors (Lipinski definition) is 2. The second-order valence-electron chi connectivity index (χ2n) is 3.62. The second kappa shape index (κ2) is 6.52. The fraction of sp³-hybridized carbons (Fsp3) is 0.333. The maximum absolute atomic E-state index is 11.3. The number of amides is 1. The minimum Gasteiger partial charge on any atom is -0.490 e. The van der Waals surface area contributed by atoms with Crippen molar-refractivity contribution >= 4 is 11.9 Å². The predicted molar refractivity (Wildman–Crippen MR) is 61.8 cm³/mol. The smallest absolute Gasteiger partial charge is 0.322 e. The molecule has 0 aliphatic heterocycles. The van der Waals surface area contributed by atoms with Crippen molar-refractivity contribution in [3.05, 3.63) is 30.3 Å². The van der Waals surface area contributed by atoms with Gasteiger partial charge in [-0.25, -0.2) is 0 Å². The van der Waals surface area contributed by atoms with Crippen molar-refractivity contribution in [3.8, 4) is 5.75 Å². The van der Waals surface area contributed by atoms with Gasteiger partial charge in [0.1, 0.15) is 18.4 Å². The summed E-state index contributed by atoms with van der Waals surface area (Å²) in [5.41, 5.74) is 0. The molecule has 0 saturated heterocycles. The number of benzene rings is 1. The van der Waals surface area contributed by atoms with Crippen LogP contribution >= 0.6 is 0 Å². The normalized spacial score (nSPS) is 11.6. The van der Waals surface area contributed by atoms with Gasteiger partial charge in [-0.05, 0) is 19.1 Å². The maximum atomic E-state index is 11.3. The number of carboxylic acid groups (broad SMARTS) is 1. The number of hydrogen-bond acceptors (Lipinski definition) is 3. The molecule has 0 radical (unpaired) electrons. The van der Waals surface area contributed by atoms with Crippen LogP contribution in [0.15, 0.2) is 30.3 Å². The molecular formula is C12H15NO4. The van der Waals surface area contributed by atoms with Crippen LogP contribution < -0.4 is 10.1 Å². The van der Waals surface area contributed by atoms with Crippen LogP contribution in [0.4, 0.5) is 0 Å². The highest BCUT2D eigenvalue weighted by molar-refractivity contribution is 5.81. The summed E-state index contributed by atoms with van der Waals surface area (Å²) in [4.78, 5) is 21.5. The van der Waals surface area contributed by atoms with E-state index in [4.69, 9.17) is 9.84 Å². The molecule has 92 valence electrons. The number of carboxylic acids is 1. The fourth-order valence-electron chi connectivity index (χ4n) is 1.28. The Morgan fingerprint density at radius 3 is 2.59 bits per heavy atom. The molecule has 0 aliphatic rings. The molecule has 5 heteroatoms. The zero-order valence-electron chi connectivity index (χ0n) is 9.55. The summed E-state index contributed by atoms with van der Waals surface area (Å²) in [7, 11) is 0. The lowest BCUT2D eigenvalue weighted by atomic mass is 10.2. The molecule has 1 unspecified atom stereocenters. The third-order valence-corrected chi connectivity index (χ3v) is 1.99. The second-order valence-corrected chi connectivity index (χ2v) is 3.62. The molecule has 2 N–H and O–H groups in total. The van der Waals surface area contributed by atoms with Crippen LogP contribution in [0.5, 0.6) is 5.75 Å². The molecule has 17 heavy (non-hydrogen) atoms. The Bertz CT molecular complexity index is 377. The number of para-hydroxylation sites is 1. The van der Waals surface area contributed by atoms with Crippen molar-refractivity contribution in [3.63, 3.8) is 0 Å². The van der Waals surface area contributed by atoms with Crippen molar-refractivity contribution in [2.75, 3.05) is 6.54 Å². The van der Waals surface area contributed by atoms with Crippen molar-refractivity contribution < 1.29 is 19.4 Å². The first-order valence-electron chi connectivity index (χ1n) is 5.28. The van der Waals surface area contributed by atoms with Crippen LogP contribution in [0.3, 0.4) is 0 Å². The number of carbonyl (C=O) groups is 2. The molecule has 0 spiro atoms. The number of aliphatic carboxylic acids is 1. The van der Waals surface area contributed by atoms with Gasteiger partial charge in [0, 0.05) is 0 Å². The third-order valence-electron chi connectivity index (χ3n) is 1.99. The average molecular weight is 237 g/mol. The lowest BCUT2D eigenvalue weighted by molar-refractivity contribution is -0.138. The molecule has 0 aromatic heterocycles. The summed E-state index contributed by atoms with van der Waals surface area (Å²) in [5, 5.41) is 10.7. The van der Waals surface area contributed by atoms with Gasteiger partial charge in [0.2, 0.25) is 5.91 Å². The minimum absolute atomic E-state index is 0.127. The third kappa shape index (κ3) is 5.55. The first kappa shape index (κ1) is 13.0. The Balaban J connectivity index is 2.32. The van der Waals surface area contributed by atoms with Gasteiger partial charge in [-0.2, -0.15) is 0 Å². The molecule has 0 fully saturated rings. The molecular weight excluding hydrogens is 222 g/mol. The Hall–Kier alpha value is -2.04. The summed E-state index contributed by atoms with van der Waals surface area (Å²) in [6.07, 6.45) is -0.173.